The summed E-state index contributed by atoms with van der Waals surface area (Å²) in [6.45, 7) is 4.59. The fourth-order valence-electron chi connectivity index (χ4n) is 4.57. The Morgan fingerprint density at radius 1 is 1.19 bits per heavy atom. The number of benzene rings is 1. The molecule has 4 heterocycles. The van der Waals surface area contributed by atoms with Gasteiger partial charge in [-0.15, -0.1) is 11.3 Å². The summed E-state index contributed by atoms with van der Waals surface area (Å²) in [5.74, 6) is -0.279. The minimum atomic E-state index is -3.87. The third kappa shape index (κ3) is 4.92. The van der Waals surface area contributed by atoms with Crippen molar-refractivity contribution >= 4 is 65.6 Å². The lowest BCUT2D eigenvalue weighted by Gasteiger charge is -2.35. The normalized spacial score (nSPS) is 16.9. The summed E-state index contributed by atoms with van der Waals surface area (Å²) in [6.07, 6.45) is 5.31. The third-order valence-corrected chi connectivity index (χ3v) is 11.1. The standard InChI is InChI=1S/C25H25ClN4O3S3/c1-16-12-17(2)23-19(13-16)28-25(35-23)29(15-18-6-5-10-27-14-18)24(31)20-7-3-4-11-30(20)36(32,33)22-9-8-21(26)34-22/h5-6,8-10,12-14,20H,3-4,7,11,15H2,1-2H3. The molecule has 36 heavy (non-hydrogen) atoms. The second-order valence-corrected chi connectivity index (χ2v) is 13.7. The molecule has 0 radical (unpaired) electrons. The Morgan fingerprint density at radius 3 is 2.75 bits per heavy atom. The number of anilines is 1. The van der Waals surface area contributed by atoms with Crippen LogP contribution >= 0.6 is 34.3 Å². The van der Waals surface area contributed by atoms with Gasteiger partial charge in [0.15, 0.2) is 5.13 Å². The number of fused-ring (bicyclic) bond motifs is 1. The largest absolute Gasteiger partial charge is 0.282 e. The first-order valence-electron chi connectivity index (χ1n) is 11.6. The SMILES string of the molecule is Cc1cc(C)c2sc(N(Cc3cccnc3)C(=O)C3CCCCN3S(=O)(=O)c3ccc(Cl)s3)nc2c1. The first kappa shape index (κ1) is 25.3. The van der Waals surface area contributed by atoms with Gasteiger partial charge in [0.1, 0.15) is 10.3 Å². The lowest BCUT2D eigenvalue weighted by Crippen LogP contribution is -2.52. The zero-order chi connectivity index (χ0) is 25.4. The number of amides is 1. The Bertz CT molecular complexity index is 1520. The lowest BCUT2D eigenvalue weighted by atomic mass is 10.0. The maximum Gasteiger partial charge on any atom is 0.253 e. The molecule has 1 aliphatic rings. The number of aryl methyl sites for hydroxylation is 2. The summed E-state index contributed by atoms with van der Waals surface area (Å²) in [6, 6.07) is 10.1. The van der Waals surface area contributed by atoms with E-state index in [9.17, 15) is 13.2 Å². The molecule has 3 aromatic heterocycles. The van der Waals surface area contributed by atoms with Gasteiger partial charge in [-0.25, -0.2) is 13.4 Å². The van der Waals surface area contributed by atoms with Crippen LogP contribution in [0.25, 0.3) is 10.2 Å². The predicted molar refractivity (Wildman–Crippen MR) is 145 cm³/mol. The fourth-order valence-corrected chi connectivity index (χ4v) is 8.85. The van der Waals surface area contributed by atoms with Gasteiger partial charge in [0.25, 0.3) is 10.0 Å². The van der Waals surface area contributed by atoms with E-state index >= 15 is 0 Å². The zero-order valence-electron chi connectivity index (χ0n) is 19.8. The monoisotopic (exact) mass is 560 g/mol. The molecule has 0 saturated carbocycles. The summed E-state index contributed by atoms with van der Waals surface area (Å²) in [4.78, 5) is 24.8. The molecular weight excluding hydrogens is 536 g/mol. The van der Waals surface area contributed by atoms with Crippen molar-refractivity contribution in [3.8, 4) is 0 Å². The Morgan fingerprint density at radius 2 is 2.03 bits per heavy atom. The Labute approximate surface area is 223 Å². The highest BCUT2D eigenvalue weighted by atomic mass is 35.5. The zero-order valence-corrected chi connectivity index (χ0v) is 23.1. The quantitative estimate of drug-likeness (QED) is 0.297. The smallest absolute Gasteiger partial charge is 0.253 e. The molecule has 188 valence electrons. The van der Waals surface area contributed by atoms with Gasteiger partial charge in [-0.2, -0.15) is 4.31 Å². The first-order valence-corrected chi connectivity index (χ1v) is 15.0. The highest BCUT2D eigenvalue weighted by Crippen LogP contribution is 2.36. The number of hydrogen-bond donors (Lipinski definition) is 0. The van der Waals surface area contributed by atoms with Gasteiger partial charge in [0.2, 0.25) is 5.91 Å². The molecule has 1 unspecified atom stereocenters. The van der Waals surface area contributed by atoms with Crippen LogP contribution in [0, 0.1) is 13.8 Å². The van der Waals surface area contributed by atoms with E-state index in [1.807, 2.05) is 32.0 Å². The van der Waals surface area contributed by atoms with Crippen molar-refractivity contribution in [2.45, 2.75) is 49.9 Å². The van der Waals surface area contributed by atoms with E-state index in [2.05, 4.69) is 11.1 Å². The summed E-state index contributed by atoms with van der Waals surface area (Å²) in [5, 5.41) is 0.551. The highest BCUT2D eigenvalue weighted by Gasteiger charge is 2.41. The number of sulfonamides is 1. The number of thiophene rings is 1. The average molecular weight is 561 g/mol. The molecule has 1 aliphatic heterocycles. The van der Waals surface area contributed by atoms with Crippen molar-refractivity contribution in [3.63, 3.8) is 0 Å². The van der Waals surface area contributed by atoms with Crippen molar-refractivity contribution in [2.75, 3.05) is 11.4 Å². The van der Waals surface area contributed by atoms with Gasteiger partial charge in [0.05, 0.1) is 21.1 Å². The van der Waals surface area contributed by atoms with Crippen LogP contribution in [0.15, 0.2) is 53.0 Å². The van der Waals surface area contributed by atoms with Gasteiger partial charge in [-0.05, 0) is 67.6 Å². The van der Waals surface area contributed by atoms with Gasteiger partial charge >= 0.3 is 0 Å². The molecule has 11 heteroatoms. The van der Waals surface area contributed by atoms with Gasteiger partial charge in [0, 0.05) is 18.9 Å². The average Bonchev–Trinajstić information content (AvgIpc) is 3.50. The molecule has 7 nitrogen and oxygen atoms in total. The molecule has 1 amide bonds. The van der Waals surface area contributed by atoms with E-state index < -0.39 is 16.1 Å². The summed E-state index contributed by atoms with van der Waals surface area (Å²) in [5.41, 5.74) is 3.87. The Kier molecular flexibility index (Phi) is 7.15. The fraction of sp³-hybridized carbons (Fsp3) is 0.320. The molecule has 1 fully saturated rings. The van der Waals surface area contributed by atoms with Crippen molar-refractivity contribution in [3.05, 3.63) is 69.8 Å². The van der Waals surface area contributed by atoms with Crippen LogP contribution in [0.2, 0.25) is 4.34 Å². The van der Waals surface area contributed by atoms with Gasteiger partial charge in [-0.1, -0.05) is 41.5 Å². The minimum absolute atomic E-state index is 0.150. The third-order valence-electron chi connectivity index (χ3n) is 6.22. The number of pyridine rings is 1. The molecule has 0 spiro atoms. The number of carbonyl (C=O) groups is 1. The van der Waals surface area contributed by atoms with Crippen LogP contribution < -0.4 is 4.90 Å². The van der Waals surface area contributed by atoms with Crippen LogP contribution in [-0.4, -0.2) is 41.2 Å². The number of thiazole rings is 1. The number of carbonyl (C=O) groups excluding carboxylic acids is 1. The Hall–Kier alpha value is -2.37. The van der Waals surface area contributed by atoms with E-state index in [0.29, 0.717) is 22.3 Å². The van der Waals surface area contributed by atoms with Crippen molar-refractivity contribution in [1.29, 1.82) is 0 Å². The predicted octanol–water partition coefficient (Wildman–Crippen LogP) is 5.80. The van der Waals surface area contributed by atoms with Gasteiger partial charge in [-0.3, -0.25) is 14.7 Å². The van der Waals surface area contributed by atoms with Gasteiger partial charge < -0.3 is 0 Å². The van der Waals surface area contributed by atoms with Crippen LogP contribution in [0.5, 0.6) is 0 Å². The molecule has 0 N–H and O–H groups in total. The number of piperidine rings is 1. The van der Waals surface area contributed by atoms with E-state index in [4.69, 9.17) is 16.6 Å². The number of halogens is 1. The van der Waals surface area contributed by atoms with Crippen molar-refractivity contribution in [1.82, 2.24) is 14.3 Å². The minimum Gasteiger partial charge on any atom is -0.282 e. The summed E-state index contributed by atoms with van der Waals surface area (Å²) >= 11 is 8.49. The van der Waals surface area contributed by atoms with Crippen LogP contribution in [0.1, 0.15) is 36.0 Å². The van der Waals surface area contributed by atoms with E-state index in [0.717, 1.165) is 44.7 Å². The van der Waals surface area contributed by atoms with E-state index in [1.165, 1.54) is 21.7 Å². The second kappa shape index (κ2) is 10.2. The molecule has 0 bridgehead atoms. The molecule has 5 rings (SSSR count). The highest BCUT2D eigenvalue weighted by molar-refractivity contribution is 7.91. The summed E-state index contributed by atoms with van der Waals surface area (Å²) < 4.78 is 30.0. The van der Waals surface area contributed by atoms with E-state index in [1.54, 1.807) is 23.4 Å². The maximum atomic E-state index is 14.2. The number of nitrogens with zero attached hydrogens (tertiary/aromatic N) is 4. The topological polar surface area (TPSA) is 83.5 Å². The molecule has 4 aromatic rings. The van der Waals surface area contributed by atoms with E-state index in [-0.39, 0.29) is 23.2 Å². The molecular formula is C25H25ClN4O3S3. The van der Waals surface area contributed by atoms with Crippen molar-refractivity contribution in [2.24, 2.45) is 0 Å². The first-order chi connectivity index (χ1) is 17.2. The lowest BCUT2D eigenvalue weighted by molar-refractivity contribution is -0.123. The molecule has 0 aliphatic carbocycles. The molecule has 1 atom stereocenters. The number of hydrogen-bond acceptors (Lipinski definition) is 7. The second-order valence-electron chi connectivity index (χ2n) is 8.90. The van der Waals surface area contributed by atoms with Crippen LogP contribution in [-0.2, 0) is 21.4 Å². The van der Waals surface area contributed by atoms with Crippen LogP contribution in [0.3, 0.4) is 0 Å². The molecule has 1 saturated heterocycles. The number of aromatic nitrogens is 2. The number of rotatable bonds is 6. The Balaban J connectivity index is 1.56. The maximum absolute atomic E-state index is 14.2. The van der Waals surface area contributed by atoms with Crippen molar-refractivity contribution < 1.29 is 13.2 Å². The summed E-state index contributed by atoms with van der Waals surface area (Å²) in [7, 11) is -3.87. The molecule has 1 aromatic carbocycles. The van der Waals surface area contributed by atoms with Crippen LogP contribution in [0.4, 0.5) is 5.13 Å².